The van der Waals surface area contributed by atoms with Crippen molar-refractivity contribution in [2.24, 2.45) is 17.8 Å². The molecule has 0 spiro atoms. The topological polar surface area (TPSA) is 185 Å². The van der Waals surface area contributed by atoms with Gasteiger partial charge in [0.15, 0.2) is 0 Å². The Hall–Kier alpha value is -4.32. The van der Waals surface area contributed by atoms with E-state index in [-0.39, 0.29) is 48.4 Å². The smallest absolute Gasteiger partial charge is 0.408 e. The highest BCUT2D eigenvalue weighted by molar-refractivity contribution is 7.91. The van der Waals surface area contributed by atoms with Gasteiger partial charge in [-0.25, -0.2) is 13.2 Å². The number of nitrogens with one attached hydrogen (secondary N) is 2. The van der Waals surface area contributed by atoms with Crippen molar-refractivity contribution in [1.82, 2.24) is 24.8 Å². The molecule has 2 saturated carbocycles. The second-order valence-corrected chi connectivity index (χ2v) is 19.4. The lowest BCUT2D eigenvalue weighted by atomic mass is 9.86. The first-order chi connectivity index (χ1) is 27.6. The van der Waals surface area contributed by atoms with Crippen LogP contribution in [0.15, 0.2) is 36.4 Å². The summed E-state index contributed by atoms with van der Waals surface area (Å²) in [5, 5.41) is 14.4. The van der Waals surface area contributed by atoms with Gasteiger partial charge in [0.2, 0.25) is 33.6 Å². The summed E-state index contributed by atoms with van der Waals surface area (Å²) in [5.74, 6) is -4.44. The first-order valence-corrected chi connectivity index (χ1v) is 21.8. The number of ether oxygens (including phenoxy) is 2. The number of sulfonamides is 1. The number of carboxylic acid groups (broad SMARTS) is 1. The molecule has 4 amide bonds. The Labute approximate surface area is 346 Å². The van der Waals surface area contributed by atoms with Gasteiger partial charge in [0.1, 0.15) is 29.8 Å². The number of amides is 4. The number of halogens is 4. The number of pyridine rings is 1. The van der Waals surface area contributed by atoms with Gasteiger partial charge in [-0.1, -0.05) is 50.6 Å². The van der Waals surface area contributed by atoms with Crippen LogP contribution in [0, 0.1) is 17.8 Å². The highest BCUT2D eigenvalue weighted by atomic mass is 35.5. The maximum absolute atomic E-state index is 14.9. The minimum Gasteiger partial charge on any atom is -0.478 e. The minimum absolute atomic E-state index is 0.0373. The van der Waals surface area contributed by atoms with Gasteiger partial charge in [-0.2, -0.15) is 18.2 Å². The number of rotatable bonds is 10. The molecule has 3 fully saturated rings. The molecule has 3 heterocycles. The fourth-order valence-electron chi connectivity index (χ4n) is 8.17. The van der Waals surface area contributed by atoms with Crippen molar-refractivity contribution in [3.05, 3.63) is 41.4 Å². The molecule has 0 radical (unpaired) electrons. The number of hydrogen-bond acceptors (Lipinski definition) is 9. The van der Waals surface area contributed by atoms with Crippen LogP contribution in [0.2, 0.25) is 5.02 Å². The molecule has 2 aliphatic heterocycles. The lowest BCUT2D eigenvalue weighted by Crippen LogP contribution is -2.62. The number of nitrogens with zero attached hydrogens (tertiary/aromatic N) is 3. The Balaban J connectivity index is 1.42. The van der Waals surface area contributed by atoms with Crippen molar-refractivity contribution in [2.75, 3.05) is 13.2 Å². The van der Waals surface area contributed by atoms with E-state index in [1.165, 1.54) is 13.8 Å². The molecule has 1 aromatic carbocycles. The van der Waals surface area contributed by atoms with Gasteiger partial charge < -0.3 is 24.8 Å². The van der Waals surface area contributed by atoms with E-state index in [4.69, 9.17) is 21.1 Å². The monoisotopic (exact) mass is 869 g/mol. The molecule has 6 rings (SSSR count). The maximum atomic E-state index is 14.9. The van der Waals surface area contributed by atoms with Gasteiger partial charge in [-0.3, -0.25) is 24.0 Å². The van der Waals surface area contributed by atoms with Crippen LogP contribution >= 0.6 is 11.6 Å². The van der Waals surface area contributed by atoms with Crippen LogP contribution in [0.1, 0.15) is 86.0 Å². The van der Waals surface area contributed by atoms with Crippen LogP contribution in [0.4, 0.5) is 18.0 Å². The van der Waals surface area contributed by atoms with Crippen LogP contribution in [0.3, 0.4) is 0 Å². The van der Waals surface area contributed by atoms with Crippen LogP contribution < -0.4 is 19.5 Å². The zero-order chi connectivity index (χ0) is 43.2. The SMILES string of the molecule is CCCOc1cc2c(Cl)cccc2c(O[C@@H]2C[C@H]3C(=O)N[C@]4(C(=O)NS(=O)(=O)C5(C)CC5)C[C@H]4C=CCC[C@H](C)C[C@@H](C)[C@H](N(C(=O)O)[C@H](C)C(F)(F)F)C(=O)N3C2)n1. The molecule has 0 unspecified atom stereocenters. The number of hydrogen-bond donors (Lipinski definition) is 3. The summed E-state index contributed by atoms with van der Waals surface area (Å²) >= 11 is 6.54. The number of allylic oxidation sites excluding steroid dienone is 1. The summed E-state index contributed by atoms with van der Waals surface area (Å²) in [6.07, 6.45) is -2.25. The molecular weight excluding hydrogens is 819 g/mol. The molecule has 8 atom stereocenters. The van der Waals surface area contributed by atoms with E-state index < -0.39 is 86.4 Å². The molecule has 19 heteroatoms. The van der Waals surface area contributed by atoms with E-state index in [0.29, 0.717) is 61.4 Å². The van der Waals surface area contributed by atoms with E-state index in [0.717, 1.165) is 4.90 Å². The Morgan fingerprint density at radius 3 is 2.54 bits per heavy atom. The third-order valence-electron chi connectivity index (χ3n) is 12.1. The van der Waals surface area contributed by atoms with Crippen molar-refractivity contribution in [1.29, 1.82) is 0 Å². The highest BCUT2D eigenvalue weighted by Gasteiger charge is 2.63. The Bertz CT molecular complexity index is 2120. The molecule has 4 aliphatic rings. The standard InChI is InChI=1S/C40H51ClF3N5O9S/c1-6-16-57-31-19-28-27(12-9-13-29(28)41)34(45-31)58-26-18-30-33(50)46-39(36(52)47-59(55,56)38(5)14-15-38)20-25(39)11-8-7-10-22(2)17-23(3)32(35(51)48(30)21-26)49(37(53)54)24(4)40(42,43)44/h8-9,11-13,19,22-26,30,32H,6-7,10,14-18,20-21H2,1-5H3,(H,46,50)(H,47,52)(H,53,54)/t22-,23+,24+,25+,26+,30-,32-,39+/m0/s1. The lowest BCUT2D eigenvalue weighted by Gasteiger charge is -2.40. The molecule has 59 heavy (non-hydrogen) atoms. The first kappa shape index (κ1) is 44.2. The average molecular weight is 870 g/mol. The van der Waals surface area contributed by atoms with E-state index >= 15 is 0 Å². The van der Waals surface area contributed by atoms with Crippen molar-refractivity contribution in [3.63, 3.8) is 0 Å². The molecule has 1 aromatic heterocycles. The highest BCUT2D eigenvalue weighted by Crippen LogP contribution is 2.48. The first-order valence-electron chi connectivity index (χ1n) is 19.9. The fourth-order valence-corrected chi connectivity index (χ4v) is 9.71. The van der Waals surface area contributed by atoms with Crippen LogP contribution in [0.25, 0.3) is 10.8 Å². The van der Waals surface area contributed by atoms with Gasteiger partial charge in [-0.15, -0.1) is 0 Å². The number of benzene rings is 1. The van der Waals surface area contributed by atoms with Gasteiger partial charge in [0.05, 0.1) is 17.9 Å². The van der Waals surface area contributed by atoms with Gasteiger partial charge >= 0.3 is 12.3 Å². The quantitative estimate of drug-likeness (QED) is 0.232. The lowest BCUT2D eigenvalue weighted by molar-refractivity contribution is -0.184. The third kappa shape index (κ3) is 9.08. The zero-order valence-electron chi connectivity index (χ0n) is 33.6. The second-order valence-electron chi connectivity index (χ2n) is 16.8. The predicted octanol–water partition coefficient (Wildman–Crippen LogP) is 6.21. The second kappa shape index (κ2) is 16.6. The van der Waals surface area contributed by atoms with E-state index in [1.54, 1.807) is 36.4 Å². The molecule has 0 bridgehead atoms. The minimum atomic E-state index is -5.04. The summed E-state index contributed by atoms with van der Waals surface area (Å²) in [6, 6.07) is 0.683. The largest absolute Gasteiger partial charge is 0.478 e. The summed E-state index contributed by atoms with van der Waals surface area (Å²) in [5.41, 5.74) is -1.73. The van der Waals surface area contributed by atoms with Crippen LogP contribution in [0.5, 0.6) is 11.8 Å². The fraction of sp³-hybridized carbons (Fsp3) is 0.625. The summed E-state index contributed by atoms with van der Waals surface area (Å²) in [4.78, 5) is 61.9. The van der Waals surface area contributed by atoms with Crippen molar-refractivity contribution >= 4 is 56.2 Å². The van der Waals surface area contributed by atoms with Crippen LogP contribution in [-0.4, -0.2) is 106 Å². The summed E-state index contributed by atoms with van der Waals surface area (Å²) < 4.78 is 82.7. The van der Waals surface area contributed by atoms with E-state index in [9.17, 15) is 45.9 Å². The number of carbonyl (C=O) groups excluding carboxylic acids is 3. The Kier molecular flexibility index (Phi) is 12.5. The third-order valence-corrected chi connectivity index (χ3v) is 14.6. The average Bonchev–Trinajstić information content (AvgIpc) is 4.03. The van der Waals surface area contributed by atoms with E-state index in [2.05, 4.69) is 15.0 Å². The molecular formula is C40H51ClF3N5O9S. The number of alkyl halides is 3. The van der Waals surface area contributed by atoms with Crippen LogP contribution in [-0.2, 0) is 24.4 Å². The maximum Gasteiger partial charge on any atom is 0.408 e. The van der Waals surface area contributed by atoms with Crippen molar-refractivity contribution in [2.45, 2.75) is 127 Å². The number of fused-ring (bicyclic) bond motifs is 3. The predicted molar refractivity (Wildman–Crippen MR) is 211 cm³/mol. The normalized spacial score (nSPS) is 28.9. The van der Waals surface area contributed by atoms with Gasteiger partial charge in [0, 0.05) is 34.2 Å². The molecule has 2 aromatic rings. The summed E-state index contributed by atoms with van der Waals surface area (Å²) in [7, 11) is -4.13. The summed E-state index contributed by atoms with van der Waals surface area (Å²) in [6.45, 7) is 7.37. The number of aromatic nitrogens is 1. The Morgan fingerprint density at radius 1 is 1.19 bits per heavy atom. The molecule has 324 valence electrons. The molecule has 2 aliphatic carbocycles. The molecule has 3 N–H and O–H groups in total. The zero-order valence-corrected chi connectivity index (χ0v) is 35.1. The van der Waals surface area contributed by atoms with E-state index in [1.807, 2.05) is 13.8 Å². The Morgan fingerprint density at radius 2 is 1.90 bits per heavy atom. The van der Waals surface area contributed by atoms with Crippen molar-refractivity contribution in [3.8, 4) is 11.8 Å². The van der Waals surface area contributed by atoms with Crippen molar-refractivity contribution < 1.29 is 55.3 Å². The molecule has 14 nitrogen and oxygen atoms in total. The van der Waals surface area contributed by atoms with Gasteiger partial charge in [-0.05, 0) is 82.8 Å². The van der Waals surface area contributed by atoms with Gasteiger partial charge in [0.25, 0.3) is 5.91 Å². The number of carbonyl (C=O) groups is 4. The molecule has 1 saturated heterocycles.